The van der Waals surface area contributed by atoms with Gasteiger partial charge in [-0.2, -0.15) is 5.10 Å². The minimum atomic E-state index is -0.280. The van der Waals surface area contributed by atoms with Gasteiger partial charge in [-0.15, -0.1) is 10.2 Å². The molecule has 0 radical (unpaired) electrons. The molecule has 0 spiro atoms. The Hall–Kier alpha value is -4.30. The lowest BCUT2D eigenvalue weighted by Crippen LogP contribution is -2.12. The maximum absolute atomic E-state index is 13.3. The van der Waals surface area contributed by atoms with Crippen molar-refractivity contribution in [3.63, 3.8) is 0 Å². The molecule has 0 saturated heterocycles. The van der Waals surface area contributed by atoms with Crippen LogP contribution in [0.1, 0.15) is 26.5 Å². The number of hydrogen-bond donors (Lipinski definition) is 1. The van der Waals surface area contributed by atoms with Crippen molar-refractivity contribution in [1.29, 1.82) is 0 Å². The van der Waals surface area contributed by atoms with Crippen LogP contribution in [0.4, 0.5) is 5.13 Å². The zero-order valence-electron chi connectivity index (χ0n) is 19.1. The van der Waals surface area contributed by atoms with Crippen LogP contribution >= 0.6 is 11.3 Å². The summed E-state index contributed by atoms with van der Waals surface area (Å²) in [5.41, 5.74) is 4.12. The summed E-state index contributed by atoms with van der Waals surface area (Å²) in [6.45, 7) is 0.553. The molecule has 0 atom stereocenters. The molecular weight excluding hydrogens is 458 g/mol. The third-order valence-corrected chi connectivity index (χ3v) is 6.28. The first-order valence-electron chi connectivity index (χ1n) is 11.1. The van der Waals surface area contributed by atoms with E-state index < -0.39 is 0 Å². The molecule has 0 unspecified atom stereocenters. The first-order valence-corrected chi connectivity index (χ1v) is 11.9. The Labute approximate surface area is 207 Å². The van der Waals surface area contributed by atoms with Gasteiger partial charge >= 0.3 is 0 Å². The van der Waals surface area contributed by atoms with E-state index in [1.54, 1.807) is 18.0 Å². The van der Waals surface area contributed by atoms with Gasteiger partial charge in [0.15, 0.2) is 0 Å². The Morgan fingerprint density at radius 3 is 2.29 bits per heavy atom. The number of ether oxygens (including phenoxy) is 1. The number of hydrogen-bond acceptors (Lipinski definition) is 6. The van der Waals surface area contributed by atoms with E-state index in [0.717, 1.165) is 27.4 Å². The largest absolute Gasteiger partial charge is 0.497 e. The highest BCUT2D eigenvalue weighted by Gasteiger charge is 2.20. The van der Waals surface area contributed by atoms with Crippen LogP contribution < -0.4 is 10.1 Å². The van der Waals surface area contributed by atoms with Crippen molar-refractivity contribution < 1.29 is 9.53 Å². The number of aromatic nitrogens is 4. The monoisotopic (exact) mass is 481 g/mol. The number of methoxy groups -OCH3 is 1. The molecule has 2 heterocycles. The molecule has 174 valence electrons. The van der Waals surface area contributed by atoms with Crippen molar-refractivity contribution in [3.05, 3.63) is 113 Å². The third kappa shape index (κ3) is 5.44. The first-order chi connectivity index (χ1) is 17.2. The summed E-state index contributed by atoms with van der Waals surface area (Å²) in [5.74, 6) is 0.459. The Morgan fingerprint density at radius 2 is 1.60 bits per heavy atom. The van der Waals surface area contributed by atoms with Gasteiger partial charge in [0.1, 0.15) is 16.5 Å². The molecule has 5 aromatic rings. The van der Waals surface area contributed by atoms with Gasteiger partial charge in [-0.1, -0.05) is 72.0 Å². The van der Waals surface area contributed by atoms with Gasteiger partial charge in [0, 0.05) is 18.2 Å². The molecule has 0 fully saturated rings. The van der Waals surface area contributed by atoms with Gasteiger partial charge in [-0.25, -0.2) is 0 Å². The average molecular weight is 482 g/mol. The Morgan fingerprint density at radius 1 is 0.914 bits per heavy atom. The van der Waals surface area contributed by atoms with Crippen LogP contribution in [0.25, 0.3) is 11.3 Å². The molecule has 5 rings (SSSR count). The summed E-state index contributed by atoms with van der Waals surface area (Å²) in [5, 5.41) is 17.3. The van der Waals surface area contributed by atoms with E-state index in [4.69, 9.17) is 9.84 Å². The predicted octanol–water partition coefficient (Wildman–Crippen LogP) is 5.30. The molecule has 1 N–H and O–H groups in total. The number of anilines is 1. The summed E-state index contributed by atoms with van der Waals surface area (Å²) >= 11 is 1.37. The molecule has 2 aromatic heterocycles. The van der Waals surface area contributed by atoms with E-state index in [1.165, 1.54) is 11.3 Å². The Kier molecular flexibility index (Phi) is 6.63. The van der Waals surface area contributed by atoms with Crippen molar-refractivity contribution in [2.45, 2.75) is 13.0 Å². The van der Waals surface area contributed by atoms with E-state index in [9.17, 15) is 4.79 Å². The zero-order valence-corrected chi connectivity index (χ0v) is 19.9. The van der Waals surface area contributed by atoms with Crippen LogP contribution in [0.5, 0.6) is 5.75 Å². The van der Waals surface area contributed by atoms with Gasteiger partial charge in [0.05, 0.1) is 19.2 Å². The summed E-state index contributed by atoms with van der Waals surface area (Å²) < 4.78 is 7.05. The fraction of sp³-hybridized carbons (Fsp3) is 0.111. The molecular formula is C27H23N5O2S. The highest BCUT2D eigenvalue weighted by atomic mass is 32.1. The van der Waals surface area contributed by atoms with E-state index in [-0.39, 0.29) is 5.91 Å². The summed E-state index contributed by atoms with van der Waals surface area (Å²) in [6, 6.07) is 27.6. The quantitative estimate of drug-likeness (QED) is 0.325. The molecule has 7 nitrogen and oxygen atoms in total. The van der Waals surface area contributed by atoms with E-state index in [1.807, 2.05) is 84.9 Å². The fourth-order valence-electron chi connectivity index (χ4n) is 3.71. The standard InChI is InChI=1S/C27H23N5O2S/c1-34-22-14-12-21(13-15-22)25-23(18-32(31-25)17-20-10-6-3-7-11-20)26(33)28-27-30-29-24(35-27)16-19-8-4-2-5-9-19/h2-15,18H,16-17H2,1H3,(H,28,30,33). The highest BCUT2D eigenvalue weighted by Crippen LogP contribution is 2.26. The zero-order chi connectivity index (χ0) is 24.0. The van der Waals surface area contributed by atoms with Crippen LogP contribution in [0.2, 0.25) is 0 Å². The second-order valence-corrected chi connectivity index (χ2v) is 8.98. The van der Waals surface area contributed by atoms with Crippen LogP contribution in [-0.4, -0.2) is 33.0 Å². The predicted molar refractivity (Wildman–Crippen MR) is 137 cm³/mol. The highest BCUT2D eigenvalue weighted by molar-refractivity contribution is 7.15. The molecule has 8 heteroatoms. The lowest BCUT2D eigenvalue weighted by atomic mass is 10.1. The summed E-state index contributed by atoms with van der Waals surface area (Å²) in [4.78, 5) is 13.3. The molecule has 0 aliphatic rings. The summed E-state index contributed by atoms with van der Waals surface area (Å²) in [6.07, 6.45) is 2.44. The summed E-state index contributed by atoms with van der Waals surface area (Å²) in [7, 11) is 1.62. The second-order valence-electron chi connectivity index (χ2n) is 7.92. The smallest absolute Gasteiger partial charge is 0.261 e. The topological polar surface area (TPSA) is 81.9 Å². The fourth-order valence-corrected chi connectivity index (χ4v) is 4.48. The lowest BCUT2D eigenvalue weighted by molar-refractivity contribution is 0.102. The van der Waals surface area contributed by atoms with Crippen molar-refractivity contribution in [2.75, 3.05) is 12.4 Å². The van der Waals surface area contributed by atoms with Crippen LogP contribution in [0.15, 0.2) is 91.1 Å². The van der Waals surface area contributed by atoms with Crippen molar-refractivity contribution in [1.82, 2.24) is 20.0 Å². The van der Waals surface area contributed by atoms with Crippen LogP contribution in [-0.2, 0) is 13.0 Å². The van der Waals surface area contributed by atoms with E-state index in [2.05, 4.69) is 15.5 Å². The minimum Gasteiger partial charge on any atom is -0.497 e. The molecule has 35 heavy (non-hydrogen) atoms. The van der Waals surface area contributed by atoms with Crippen LogP contribution in [0.3, 0.4) is 0 Å². The lowest BCUT2D eigenvalue weighted by Gasteiger charge is -2.04. The molecule has 0 saturated carbocycles. The number of carbonyl (C=O) groups is 1. The first kappa shape index (κ1) is 22.5. The van der Waals surface area contributed by atoms with Gasteiger partial charge in [0.2, 0.25) is 5.13 Å². The van der Waals surface area contributed by atoms with Gasteiger partial charge in [0.25, 0.3) is 5.91 Å². The number of amides is 1. The van der Waals surface area contributed by atoms with Gasteiger partial charge < -0.3 is 4.74 Å². The Balaban J connectivity index is 1.40. The Bertz CT molecular complexity index is 1410. The van der Waals surface area contributed by atoms with Crippen molar-refractivity contribution >= 4 is 22.4 Å². The maximum atomic E-state index is 13.3. The van der Waals surface area contributed by atoms with Crippen molar-refractivity contribution in [2.24, 2.45) is 0 Å². The van der Waals surface area contributed by atoms with E-state index >= 15 is 0 Å². The molecule has 0 bridgehead atoms. The van der Waals surface area contributed by atoms with Crippen molar-refractivity contribution in [3.8, 4) is 17.0 Å². The van der Waals surface area contributed by atoms with Gasteiger partial charge in [-0.05, 0) is 35.4 Å². The van der Waals surface area contributed by atoms with Gasteiger partial charge in [-0.3, -0.25) is 14.8 Å². The maximum Gasteiger partial charge on any atom is 0.261 e. The third-order valence-electron chi connectivity index (χ3n) is 5.44. The normalized spacial score (nSPS) is 10.8. The number of nitrogens with one attached hydrogen (secondary N) is 1. The number of carbonyl (C=O) groups excluding carboxylic acids is 1. The number of nitrogens with zero attached hydrogens (tertiary/aromatic N) is 4. The van der Waals surface area contributed by atoms with Crippen LogP contribution in [0, 0.1) is 0 Å². The SMILES string of the molecule is COc1ccc(-c2nn(Cc3ccccc3)cc2C(=O)Nc2nnc(Cc3ccccc3)s2)cc1. The molecule has 1 amide bonds. The molecule has 3 aromatic carbocycles. The minimum absolute atomic E-state index is 0.280. The average Bonchev–Trinajstić information content (AvgIpc) is 3.52. The molecule has 0 aliphatic heterocycles. The second kappa shape index (κ2) is 10.3. The molecule has 0 aliphatic carbocycles. The number of rotatable bonds is 8. The number of benzene rings is 3. The van der Waals surface area contributed by atoms with E-state index in [0.29, 0.717) is 29.4 Å².